The van der Waals surface area contributed by atoms with E-state index in [1.807, 2.05) is 24.3 Å². The molecule has 0 aliphatic carbocycles. The fourth-order valence-corrected chi connectivity index (χ4v) is 4.88. The van der Waals surface area contributed by atoms with Crippen LogP contribution in [0.15, 0.2) is 64.0 Å². The number of amides is 1. The Hall–Kier alpha value is -2.29. The van der Waals surface area contributed by atoms with Crippen molar-refractivity contribution in [1.82, 2.24) is 9.21 Å². The van der Waals surface area contributed by atoms with Crippen LogP contribution in [0, 0.1) is 0 Å². The molecule has 3 rings (SSSR count). The molecule has 0 N–H and O–H groups in total. The van der Waals surface area contributed by atoms with Crippen LogP contribution in [0.25, 0.3) is 6.08 Å². The normalized spacial score (nSPS) is 15.6. The Kier molecular flexibility index (Phi) is 6.66. The van der Waals surface area contributed by atoms with E-state index < -0.39 is 10.0 Å². The average Bonchev–Trinajstić information content (AvgIpc) is 2.72. The lowest BCUT2D eigenvalue weighted by atomic mass is 10.2. The Labute approximate surface area is 179 Å². The van der Waals surface area contributed by atoms with Gasteiger partial charge >= 0.3 is 0 Å². The summed E-state index contributed by atoms with van der Waals surface area (Å²) in [7, 11) is -3.65. The minimum Gasteiger partial charge on any atom is -0.337 e. The van der Waals surface area contributed by atoms with Crippen molar-refractivity contribution in [3.05, 3.63) is 70.2 Å². The quantitative estimate of drug-likeness (QED) is 0.490. The van der Waals surface area contributed by atoms with Gasteiger partial charge < -0.3 is 4.90 Å². The molecule has 2 aromatic carbocycles. The molecule has 0 spiro atoms. The number of Topliss-reactive ketones (excluding diaryl/α,β-unsaturated/α-hetero) is 1. The lowest BCUT2D eigenvalue weighted by Crippen LogP contribution is -2.50. The number of carbonyl (C=O) groups excluding carboxylic acids is 2. The van der Waals surface area contributed by atoms with Crippen molar-refractivity contribution < 1.29 is 18.0 Å². The van der Waals surface area contributed by atoms with Crippen LogP contribution >= 0.6 is 15.9 Å². The van der Waals surface area contributed by atoms with Crippen LogP contribution in [0.4, 0.5) is 0 Å². The molecule has 0 atom stereocenters. The predicted molar refractivity (Wildman–Crippen MR) is 115 cm³/mol. The number of hydrogen-bond donors (Lipinski definition) is 0. The Balaban J connectivity index is 1.61. The minimum absolute atomic E-state index is 0.114. The molecule has 1 amide bonds. The summed E-state index contributed by atoms with van der Waals surface area (Å²) in [4.78, 5) is 25.6. The molecule has 1 fully saturated rings. The van der Waals surface area contributed by atoms with Crippen LogP contribution in [-0.4, -0.2) is 55.5 Å². The van der Waals surface area contributed by atoms with E-state index in [0.29, 0.717) is 18.7 Å². The molecule has 1 heterocycles. The number of ketones is 1. The Morgan fingerprint density at radius 3 is 2.24 bits per heavy atom. The third-order valence-electron chi connectivity index (χ3n) is 4.72. The van der Waals surface area contributed by atoms with Crippen LogP contribution in [0.5, 0.6) is 0 Å². The lowest BCUT2D eigenvalue weighted by molar-refractivity contribution is -0.127. The number of carbonyl (C=O) groups is 2. The Morgan fingerprint density at radius 1 is 1.00 bits per heavy atom. The van der Waals surface area contributed by atoms with E-state index in [1.54, 1.807) is 11.0 Å². The number of halogens is 1. The first-order chi connectivity index (χ1) is 13.8. The monoisotopic (exact) mass is 476 g/mol. The molecule has 6 nitrogen and oxygen atoms in total. The molecule has 0 bridgehead atoms. The average molecular weight is 477 g/mol. The fraction of sp³-hybridized carbons (Fsp3) is 0.238. The number of benzene rings is 2. The van der Waals surface area contributed by atoms with Crippen LogP contribution in [0.3, 0.4) is 0 Å². The minimum atomic E-state index is -3.65. The zero-order valence-electron chi connectivity index (χ0n) is 15.9. The summed E-state index contributed by atoms with van der Waals surface area (Å²) in [5, 5.41) is 0. The second kappa shape index (κ2) is 9.02. The summed E-state index contributed by atoms with van der Waals surface area (Å²) in [6, 6.07) is 13.5. The van der Waals surface area contributed by atoms with Gasteiger partial charge in [-0.1, -0.05) is 40.2 Å². The standard InChI is InChI=1S/C21H21BrN2O4S/c1-16(25)18-6-8-20(9-7-18)29(27,28)24-13-11-23(12-14-24)21(26)10-5-17-3-2-4-19(22)15-17/h2-10,15H,11-14H2,1H3/b10-5+. The van der Waals surface area contributed by atoms with Gasteiger partial charge in [0.25, 0.3) is 0 Å². The van der Waals surface area contributed by atoms with Crippen LogP contribution in [0.2, 0.25) is 0 Å². The zero-order valence-corrected chi connectivity index (χ0v) is 18.3. The van der Waals surface area contributed by atoms with Crippen molar-refractivity contribution in [3.8, 4) is 0 Å². The molecular weight excluding hydrogens is 456 g/mol. The largest absolute Gasteiger partial charge is 0.337 e. The maximum atomic E-state index is 12.8. The Bertz CT molecular complexity index is 1040. The second-order valence-corrected chi connectivity index (χ2v) is 9.55. The molecule has 0 saturated carbocycles. The SMILES string of the molecule is CC(=O)c1ccc(S(=O)(=O)N2CCN(C(=O)/C=C/c3cccc(Br)c3)CC2)cc1. The molecule has 1 saturated heterocycles. The highest BCUT2D eigenvalue weighted by Gasteiger charge is 2.29. The molecule has 8 heteroatoms. The van der Waals surface area contributed by atoms with Crippen molar-refractivity contribution >= 4 is 43.7 Å². The van der Waals surface area contributed by atoms with Gasteiger partial charge in [-0.2, -0.15) is 4.31 Å². The molecule has 152 valence electrons. The summed E-state index contributed by atoms with van der Waals surface area (Å²) in [5.41, 5.74) is 1.37. The molecule has 1 aliphatic rings. The highest BCUT2D eigenvalue weighted by atomic mass is 79.9. The maximum absolute atomic E-state index is 12.8. The maximum Gasteiger partial charge on any atom is 0.246 e. The number of hydrogen-bond acceptors (Lipinski definition) is 4. The summed E-state index contributed by atoms with van der Waals surface area (Å²) in [6.07, 6.45) is 3.25. The topological polar surface area (TPSA) is 74.8 Å². The lowest BCUT2D eigenvalue weighted by Gasteiger charge is -2.33. The van der Waals surface area contributed by atoms with E-state index in [2.05, 4.69) is 15.9 Å². The van der Waals surface area contributed by atoms with Crippen molar-refractivity contribution in [3.63, 3.8) is 0 Å². The number of sulfonamides is 1. The Morgan fingerprint density at radius 2 is 1.66 bits per heavy atom. The third kappa shape index (κ3) is 5.20. The van der Waals surface area contributed by atoms with E-state index in [4.69, 9.17) is 0 Å². The van der Waals surface area contributed by atoms with E-state index in [0.717, 1.165) is 10.0 Å². The van der Waals surface area contributed by atoms with Gasteiger partial charge in [0.2, 0.25) is 15.9 Å². The number of nitrogens with zero attached hydrogens (tertiary/aromatic N) is 2. The van der Waals surface area contributed by atoms with E-state index in [1.165, 1.54) is 41.6 Å². The van der Waals surface area contributed by atoms with Gasteiger partial charge in [-0.15, -0.1) is 0 Å². The number of rotatable bonds is 5. The highest BCUT2D eigenvalue weighted by molar-refractivity contribution is 9.10. The van der Waals surface area contributed by atoms with E-state index in [9.17, 15) is 18.0 Å². The van der Waals surface area contributed by atoms with Gasteiger partial charge in [-0.25, -0.2) is 8.42 Å². The predicted octanol–water partition coefficient (Wildman–Crippen LogP) is 3.20. The van der Waals surface area contributed by atoms with Gasteiger partial charge in [0.1, 0.15) is 0 Å². The van der Waals surface area contributed by atoms with Crippen molar-refractivity contribution in [1.29, 1.82) is 0 Å². The first kappa shape index (κ1) is 21.4. The first-order valence-electron chi connectivity index (χ1n) is 9.11. The molecule has 1 aliphatic heterocycles. The molecule has 29 heavy (non-hydrogen) atoms. The van der Waals surface area contributed by atoms with Gasteiger partial charge in [0.15, 0.2) is 5.78 Å². The summed E-state index contributed by atoms with van der Waals surface area (Å²) >= 11 is 3.39. The van der Waals surface area contributed by atoms with Crippen molar-refractivity contribution in [2.45, 2.75) is 11.8 Å². The number of piperazine rings is 1. The first-order valence-corrected chi connectivity index (χ1v) is 11.3. The second-order valence-electron chi connectivity index (χ2n) is 6.70. The van der Waals surface area contributed by atoms with Gasteiger partial charge in [0.05, 0.1) is 4.90 Å². The van der Waals surface area contributed by atoms with Crippen molar-refractivity contribution in [2.75, 3.05) is 26.2 Å². The molecule has 2 aromatic rings. The van der Waals surface area contributed by atoms with Crippen LogP contribution in [-0.2, 0) is 14.8 Å². The van der Waals surface area contributed by atoms with Gasteiger partial charge in [-0.05, 0) is 42.8 Å². The van der Waals surface area contributed by atoms with Crippen LogP contribution < -0.4 is 0 Å². The van der Waals surface area contributed by atoms with E-state index >= 15 is 0 Å². The van der Waals surface area contributed by atoms with Crippen molar-refractivity contribution in [2.24, 2.45) is 0 Å². The zero-order chi connectivity index (χ0) is 21.0. The summed E-state index contributed by atoms with van der Waals surface area (Å²) < 4.78 is 27.9. The smallest absolute Gasteiger partial charge is 0.246 e. The fourth-order valence-electron chi connectivity index (χ4n) is 3.04. The summed E-state index contributed by atoms with van der Waals surface area (Å²) in [5.74, 6) is -0.259. The summed E-state index contributed by atoms with van der Waals surface area (Å²) in [6.45, 7) is 2.55. The highest BCUT2D eigenvalue weighted by Crippen LogP contribution is 2.19. The molecular formula is C21H21BrN2O4S. The molecule has 0 radical (unpaired) electrons. The molecule has 0 unspecified atom stereocenters. The molecule has 0 aromatic heterocycles. The third-order valence-corrected chi connectivity index (χ3v) is 7.12. The van der Waals surface area contributed by atoms with Gasteiger partial charge in [0, 0.05) is 42.3 Å². The van der Waals surface area contributed by atoms with Crippen LogP contribution in [0.1, 0.15) is 22.8 Å². The van der Waals surface area contributed by atoms with Gasteiger partial charge in [-0.3, -0.25) is 9.59 Å². The van der Waals surface area contributed by atoms with E-state index in [-0.39, 0.29) is 29.7 Å².